The zero-order valence-electron chi connectivity index (χ0n) is 17.7. The summed E-state index contributed by atoms with van der Waals surface area (Å²) in [7, 11) is 3.01. The number of nitrogens with one attached hydrogen (secondary N) is 2. The average molecular weight is 477 g/mol. The Hall–Kier alpha value is -3.23. The third kappa shape index (κ3) is 5.33. The van der Waals surface area contributed by atoms with Gasteiger partial charge in [-0.05, 0) is 18.6 Å². The van der Waals surface area contributed by atoms with Gasteiger partial charge in [0.25, 0.3) is 0 Å². The Bertz CT molecular complexity index is 1070. The number of hydrogen-bond acceptors (Lipinski definition) is 8. The van der Waals surface area contributed by atoms with E-state index in [4.69, 9.17) is 37.4 Å². The van der Waals surface area contributed by atoms with Gasteiger partial charge in [-0.3, -0.25) is 0 Å². The summed E-state index contributed by atoms with van der Waals surface area (Å²) in [6, 6.07) is 7.32. The van der Waals surface area contributed by atoms with Gasteiger partial charge in [-0.15, -0.1) is 0 Å². The molecule has 0 radical (unpaired) electrons. The van der Waals surface area contributed by atoms with E-state index in [0.717, 1.165) is 23.2 Å². The molecule has 32 heavy (non-hydrogen) atoms. The summed E-state index contributed by atoms with van der Waals surface area (Å²) in [5.41, 5.74) is 3.06. The fraction of sp³-hybridized carbons (Fsp3) is 0.227. The molecule has 0 bridgehead atoms. The number of aldehydes is 1. The number of anilines is 3. The van der Waals surface area contributed by atoms with Gasteiger partial charge in [-0.2, -0.15) is 0 Å². The molecule has 0 aliphatic rings. The molecule has 10 heteroatoms. The van der Waals surface area contributed by atoms with E-state index in [1.54, 1.807) is 6.07 Å². The summed E-state index contributed by atoms with van der Waals surface area (Å²) in [5, 5.41) is 6.89. The summed E-state index contributed by atoms with van der Waals surface area (Å²) in [6.07, 6.45) is 3.86. The van der Waals surface area contributed by atoms with Crippen molar-refractivity contribution >= 4 is 46.8 Å². The monoisotopic (exact) mass is 476 g/mol. The molecule has 0 amide bonds. The maximum absolute atomic E-state index is 10.7. The highest BCUT2D eigenvalue weighted by Crippen LogP contribution is 2.40. The SMILES string of the molecule is COc1cc(OC)c(Cl)c(COc2cnc(Nc3c(C)cccc3NCC=O)nc2)c1Cl. The molecule has 8 nitrogen and oxygen atoms in total. The molecule has 0 saturated heterocycles. The van der Waals surface area contributed by atoms with E-state index in [0.29, 0.717) is 38.8 Å². The highest BCUT2D eigenvalue weighted by atomic mass is 35.5. The van der Waals surface area contributed by atoms with Crippen molar-refractivity contribution in [1.82, 2.24) is 9.97 Å². The Kier molecular flexibility index (Phi) is 7.97. The highest BCUT2D eigenvalue weighted by molar-refractivity contribution is 6.37. The Morgan fingerprint density at radius 1 is 1.06 bits per heavy atom. The Morgan fingerprint density at radius 3 is 2.31 bits per heavy atom. The van der Waals surface area contributed by atoms with Crippen molar-refractivity contribution in [2.45, 2.75) is 13.5 Å². The Morgan fingerprint density at radius 2 is 1.72 bits per heavy atom. The topological polar surface area (TPSA) is 94.6 Å². The van der Waals surface area contributed by atoms with Crippen LogP contribution in [0.1, 0.15) is 11.1 Å². The van der Waals surface area contributed by atoms with Gasteiger partial charge in [0, 0.05) is 11.6 Å². The predicted octanol–water partition coefficient (Wildman–Crippen LogP) is 5.04. The largest absolute Gasteiger partial charge is 0.495 e. The predicted molar refractivity (Wildman–Crippen MR) is 125 cm³/mol. The first-order chi connectivity index (χ1) is 15.5. The van der Waals surface area contributed by atoms with Gasteiger partial charge in [0.05, 0.1) is 54.6 Å². The van der Waals surface area contributed by atoms with Crippen LogP contribution in [-0.4, -0.2) is 37.0 Å². The second-order valence-electron chi connectivity index (χ2n) is 6.59. The molecule has 0 unspecified atom stereocenters. The lowest BCUT2D eigenvalue weighted by molar-refractivity contribution is -0.106. The highest BCUT2D eigenvalue weighted by Gasteiger charge is 2.18. The van der Waals surface area contributed by atoms with Crippen LogP contribution in [0.25, 0.3) is 0 Å². The van der Waals surface area contributed by atoms with Crippen LogP contribution in [0.4, 0.5) is 17.3 Å². The Labute approximate surface area is 195 Å². The number of nitrogens with zero attached hydrogens (tertiary/aromatic N) is 2. The molecule has 0 aliphatic heterocycles. The van der Waals surface area contributed by atoms with Gasteiger partial charge in [-0.1, -0.05) is 35.3 Å². The third-order valence-corrected chi connectivity index (χ3v) is 5.39. The van der Waals surface area contributed by atoms with Gasteiger partial charge >= 0.3 is 0 Å². The van der Waals surface area contributed by atoms with Crippen LogP contribution in [0.15, 0.2) is 36.7 Å². The average Bonchev–Trinajstić information content (AvgIpc) is 2.80. The quantitative estimate of drug-likeness (QED) is 0.392. The minimum Gasteiger partial charge on any atom is -0.495 e. The fourth-order valence-electron chi connectivity index (χ4n) is 2.92. The summed E-state index contributed by atoms with van der Waals surface area (Å²) < 4.78 is 16.3. The van der Waals surface area contributed by atoms with Crippen molar-refractivity contribution in [3.8, 4) is 17.2 Å². The van der Waals surface area contributed by atoms with Crippen molar-refractivity contribution < 1.29 is 19.0 Å². The molecular weight excluding hydrogens is 455 g/mol. The number of hydrogen-bond donors (Lipinski definition) is 2. The van der Waals surface area contributed by atoms with Crippen LogP contribution in [0.5, 0.6) is 17.2 Å². The number of methoxy groups -OCH3 is 2. The van der Waals surface area contributed by atoms with Crippen molar-refractivity contribution in [1.29, 1.82) is 0 Å². The fourth-order valence-corrected chi connectivity index (χ4v) is 3.53. The van der Waals surface area contributed by atoms with E-state index in [9.17, 15) is 4.79 Å². The molecule has 2 aromatic carbocycles. The minimum absolute atomic E-state index is 0.0684. The Balaban J connectivity index is 1.74. The summed E-state index contributed by atoms with van der Waals surface area (Å²) in [5.74, 6) is 1.66. The van der Waals surface area contributed by atoms with E-state index >= 15 is 0 Å². The van der Waals surface area contributed by atoms with E-state index < -0.39 is 0 Å². The lowest BCUT2D eigenvalue weighted by atomic mass is 10.1. The van der Waals surface area contributed by atoms with E-state index in [-0.39, 0.29) is 13.2 Å². The number of carbonyl (C=O) groups is 1. The molecule has 0 spiro atoms. The second-order valence-corrected chi connectivity index (χ2v) is 7.34. The number of rotatable bonds is 10. The van der Waals surface area contributed by atoms with Crippen molar-refractivity contribution in [2.75, 3.05) is 31.4 Å². The standard InChI is InChI=1S/C22H22Cl2N4O4/c1-13-5-4-6-16(25-7-8-29)21(13)28-22-26-10-14(11-27-22)32-12-15-19(23)17(30-2)9-18(31-3)20(15)24/h4-6,8-11,25H,7,12H2,1-3H3,(H,26,27,28). The number of aromatic nitrogens is 2. The molecule has 168 valence electrons. The maximum Gasteiger partial charge on any atom is 0.227 e. The van der Waals surface area contributed by atoms with E-state index in [1.807, 2.05) is 25.1 Å². The first-order valence-corrected chi connectivity index (χ1v) is 10.3. The number of carbonyl (C=O) groups excluding carboxylic acids is 1. The van der Waals surface area contributed by atoms with Crippen LogP contribution >= 0.6 is 23.2 Å². The van der Waals surface area contributed by atoms with Gasteiger partial charge in [-0.25, -0.2) is 9.97 Å². The molecule has 0 saturated carbocycles. The lowest BCUT2D eigenvalue weighted by Gasteiger charge is -2.16. The van der Waals surface area contributed by atoms with Crippen molar-refractivity contribution in [2.24, 2.45) is 0 Å². The molecule has 0 aliphatic carbocycles. The lowest BCUT2D eigenvalue weighted by Crippen LogP contribution is -2.07. The van der Waals surface area contributed by atoms with Crippen LogP contribution in [0.2, 0.25) is 10.0 Å². The summed E-state index contributed by atoms with van der Waals surface area (Å²) >= 11 is 12.8. The minimum atomic E-state index is 0.0684. The zero-order valence-corrected chi connectivity index (χ0v) is 19.3. The molecule has 3 aromatic rings. The van der Waals surface area contributed by atoms with Gasteiger partial charge in [0.1, 0.15) is 24.4 Å². The number of halogens is 2. The molecule has 2 N–H and O–H groups in total. The van der Waals surface area contributed by atoms with Gasteiger partial charge in [0.2, 0.25) is 5.95 Å². The number of benzene rings is 2. The maximum atomic E-state index is 10.7. The van der Waals surface area contributed by atoms with Crippen LogP contribution in [0.3, 0.4) is 0 Å². The molecule has 0 fully saturated rings. The van der Waals surface area contributed by atoms with Gasteiger partial charge in [0.15, 0.2) is 5.75 Å². The molecule has 0 atom stereocenters. The molecule has 3 rings (SSSR count). The molecule has 1 heterocycles. The third-order valence-electron chi connectivity index (χ3n) is 4.56. The summed E-state index contributed by atoms with van der Waals surface area (Å²) in [4.78, 5) is 19.3. The van der Waals surface area contributed by atoms with Crippen molar-refractivity contribution in [3.05, 3.63) is 57.8 Å². The van der Waals surface area contributed by atoms with Crippen molar-refractivity contribution in [3.63, 3.8) is 0 Å². The first kappa shape index (κ1) is 23.4. The van der Waals surface area contributed by atoms with Crippen LogP contribution in [-0.2, 0) is 11.4 Å². The number of aryl methyl sites for hydroxylation is 1. The number of ether oxygens (including phenoxy) is 3. The first-order valence-electron chi connectivity index (χ1n) is 9.56. The van der Waals surface area contributed by atoms with Gasteiger partial charge < -0.3 is 29.6 Å². The molecule has 1 aromatic heterocycles. The van der Waals surface area contributed by atoms with E-state index in [1.165, 1.54) is 26.6 Å². The van der Waals surface area contributed by atoms with Crippen LogP contribution in [0, 0.1) is 6.92 Å². The zero-order chi connectivity index (χ0) is 23.1. The summed E-state index contributed by atoms with van der Waals surface area (Å²) in [6.45, 7) is 2.21. The number of para-hydroxylation sites is 1. The van der Waals surface area contributed by atoms with E-state index in [2.05, 4.69) is 20.6 Å². The molecular formula is C22H22Cl2N4O4. The van der Waals surface area contributed by atoms with Crippen LogP contribution < -0.4 is 24.8 Å². The smallest absolute Gasteiger partial charge is 0.227 e. The normalized spacial score (nSPS) is 10.4. The second kappa shape index (κ2) is 10.9.